The molecule has 0 aliphatic rings. The molecular weight excluding hydrogens is 138 g/mol. The zero-order valence-electron chi connectivity index (χ0n) is 7.34. The maximum absolute atomic E-state index is 5.76. The van der Waals surface area contributed by atoms with E-state index in [4.69, 9.17) is 16.9 Å². The van der Waals surface area contributed by atoms with E-state index in [0.717, 1.165) is 6.42 Å². The van der Waals surface area contributed by atoms with Crippen molar-refractivity contribution in [3.63, 3.8) is 0 Å². The zero-order valence-corrected chi connectivity index (χ0v) is 7.34. The monoisotopic (exact) mass is 155 g/mol. The van der Waals surface area contributed by atoms with Gasteiger partial charge < -0.3 is 10.5 Å². The lowest BCUT2D eigenvalue weighted by molar-refractivity contribution is 0.0428. The first-order valence-corrected chi connectivity index (χ1v) is 4.06. The molecule has 11 heavy (non-hydrogen) atoms. The average molecular weight is 155 g/mol. The molecule has 0 amide bonds. The summed E-state index contributed by atoms with van der Waals surface area (Å²) in [5, 5.41) is 0. The van der Waals surface area contributed by atoms with Gasteiger partial charge >= 0.3 is 0 Å². The standard InChI is InChI=1S/C9H17NO/c1-4-7-8(10)9(5-2)11-6-3/h1,8-9H,5-7,10H2,2-3H3. The van der Waals surface area contributed by atoms with E-state index in [2.05, 4.69) is 12.8 Å². The van der Waals surface area contributed by atoms with Crippen LogP contribution in [0, 0.1) is 12.3 Å². The van der Waals surface area contributed by atoms with Crippen molar-refractivity contribution in [1.82, 2.24) is 0 Å². The number of terminal acetylenes is 1. The molecule has 2 atom stereocenters. The Kier molecular flexibility index (Phi) is 5.91. The topological polar surface area (TPSA) is 35.2 Å². The Labute approximate surface area is 69.1 Å². The van der Waals surface area contributed by atoms with E-state index in [1.807, 2.05) is 6.92 Å². The summed E-state index contributed by atoms with van der Waals surface area (Å²) in [7, 11) is 0. The van der Waals surface area contributed by atoms with Crippen LogP contribution >= 0.6 is 0 Å². The van der Waals surface area contributed by atoms with Crippen molar-refractivity contribution in [3.05, 3.63) is 0 Å². The fourth-order valence-corrected chi connectivity index (χ4v) is 1.03. The fraction of sp³-hybridized carbons (Fsp3) is 0.778. The van der Waals surface area contributed by atoms with Gasteiger partial charge in [-0.2, -0.15) is 0 Å². The average Bonchev–Trinajstić information content (AvgIpc) is 2.00. The van der Waals surface area contributed by atoms with Crippen LogP contribution in [0.2, 0.25) is 0 Å². The van der Waals surface area contributed by atoms with E-state index in [-0.39, 0.29) is 12.1 Å². The Morgan fingerprint density at radius 2 is 2.18 bits per heavy atom. The largest absolute Gasteiger partial charge is 0.377 e. The van der Waals surface area contributed by atoms with E-state index in [1.165, 1.54) is 0 Å². The second-order valence-corrected chi connectivity index (χ2v) is 2.47. The van der Waals surface area contributed by atoms with Gasteiger partial charge in [0.25, 0.3) is 0 Å². The number of hydrogen-bond acceptors (Lipinski definition) is 2. The SMILES string of the molecule is C#CCC(N)C(CC)OCC. The van der Waals surface area contributed by atoms with Crippen molar-refractivity contribution < 1.29 is 4.74 Å². The summed E-state index contributed by atoms with van der Waals surface area (Å²) in [4.78, 5) is 0. The highest BCUT2D eigenvalue weighted by atomic mass is 16.5. The number of nitrogens with two attached hydrogens (primary N) is 1. The second-order valence-electron chi connectivity index (χ2n) is 2.47. The summed E-state index contributed by atoms with van der Waals surface area (Å²) in [5.41, 5.74) is 5.76. The molecule has 2 N–H and O–H groups in total. The Balaban J connectivity index is 3.73. The van der Waals surface area contributed by atoms with Crippen LogP contribution in [-0.4, -0.2) is 18.8 Å². The molecule has 0 aliphatic heterocycles. The van der Waals surface area contributed by atoms with Gasteiger partial charge in [-0.25, -0.2) is 0 Å². The van der Waals surface area contributed by atoms with Crippen LogP contribution in [0.5, 0.6) is 0 Å². The highest BCUT2D eigenvalue weighted by molar-refractivity contribution is 4.91. The predicted molar refractivity (Wildman–Crippen MR) is 47.1 cm³/mol. The molecule has 2 unspecified atom stereocenters. The van der Waals surface area contributed by atoms with Crippen LogP contribution < -0.4 is 5.73 Å². The van der Waals surface area contributed by atoms with E-state index in [0.29, 0.717) is 13.0 Å². The Morgan fingerprint density at radius 3 is 2.55 bits per heavy atom. The van der Waals surface area contributed by atoms with E-state index in [1.54, 1.807) is 0 Å². The molecular formula is C9H17NO. The lowest BCUT2D eigenvalue weighted by Gasteiger charge is -2.20. The van der Waals surface area contributed by atoms with Gasteiger partial charge in [0.15, 0.2) is 0 Å². The van der Waals surface area contributed by atoms with Crippen LogP contribution in [0.1, 0.15) is 26.7 Å². The maximum Gasteiger partial charge on any atom is 0.0732 e. The molecule has 0 spiro atoms. The lowest BCUT2D eigenvalue weighted by atomic mass is 10.1. The smallest absolute Gasteiger partial charge is 0.0732 e. The number of hydrogen-bond donors (Lipinski definition) is 1. The van der Waals surface area contributed by atoms with Crippen LogP contribution in [-0.2, 0) is 4.74 Å². The quantitative estimate of drug-likeness (QED) is 0.604. The molecule has 0 saturated carbocycles. The van der Waals surface area contributed by atoms with Crippen molar-refractivity contribution in [3.8, 4) is 12.3 Å². The Bertz CT molecular complexity index is 128. The molecule has 0 rings (SSSR count). The molecule has 0 heterocycles. The zero-order chi connectivity index (χ0) is 8.69. The van der Waals surface area contributed by atoms with Crippen molar-refractivity contribution >= 4 is 0 Å². The molecule has 0 aromatic carbocycles. The van der Waals surface area contributed by atoms with Gasteiger partial charge in [-0.15, -0.1) is 12.3 Å². The van der Waals surface area contributed by atoms with Gasteiger partial charge in [0, 0.05) is 19.1 Å². The van der Waals surface area contributed by atoms with Crippen LogP contribution in [0.4, 0.5) is 0 Å². The van der Waals surface area contributed by atoms with Crippen molar-refractivity contribution in [2.24, 2.45) is 5.73 Å². The molecule has 0 aromatic heterocycles. The van der Waals surface area contributed by atoms with Gasteiger partial charge in [-0.1, -0.05) is 6.92 Å². The van der Waals surface area contributed by atoms with Crippen LogP contribution in [0.15, 0.2) is 0 Å². The van der Waals surface area contributed by atoms with Gasteiger partial charge in [0.05, 0.1) is 6.10 Å². The maximum atomic E-state index is 5.76. The highest BCUT2D eigenvalue weighted by Crippen LogP contribution is 2.04. The molecule has 0 radical (unpaired) electrons. The molecule has 0 aliphatic carbocycles. The van der Waals surface area contributed by atoms with E-state index < -0.39 is 0 Å². The van der Waals surface area contributed by atoms with Crippen LogP contribution in [0.25, 0.3) is 0 Å². The molecule has 2 nitrogen and oxygen atoms in total. The summed E-state index contributed by atoms with van der Waals surface area (Å²) in [6.45, 7) is 4.72. The summed E-state index contributed by atoms with van der Waals surface area (Å²) >= 11 is 0. The van der Waals surface area contributed by atoms with Crippen LogP contribution in [0.3, 0.4) is 0 Å². The van der Waals surface area contributed by atoms with E-state index in [9.17, 15) is 0 Å². The van der Waals surface area contributed by atoms with E-state index >= 15 is 0 Å². The minimum atomic E-state index is -0.00931. The number of rotatable bonds is 5. The third kappa shape index (κ3) is 4.02. The molecule has 64 valence electrons. The van der Waals surface area contributed by atoms with Gasteiger partial charge in [-0.05, 0) is 13.3 Å². The van der Waals surface area contributed by atoms with Crippen molar-refractivity contribution in [2.45, 2.75) is 38.8 Å². The minimum absolute atomic E-state index is 0.00931. The normalized spacial score (nSPS) is 15.5. The molecule has 2 heteroatoms. The van der Waals surface area contributed by atoms with Crippen molar-refractivity contribution in [2.75, 3.05) is 6.61 Å². The van der Waals surface area contributed by atoms with Gasteiger partial charge in [-0.3, -0.25) is 0 Å². The first-order chi connectivity index (χ1) is 5.26. The molecule has 0 fully saturated rings. The molecule has 0 aromatic rings. The van der Waals surface area contributed by atoms with Gasteiger partial charge in [0.2, 0.25) is 0 Å². The second kappa shape index (κ2) is 6.21. The highest BCUT2D eigenvalue weighted by Gasteiger charge is 2.13. The Hall–Kier alpha value is -0.520. The van der Waals surface area contributed by atoms with Gasteiger partial charge in [0.1, 0.15) is 0 Å². The fourth-order valence-electron chi connectivity index (χ4n) is 1.03. The third-order valence-electron chi connectivity index (χ3n) is 1.61. The molecule has 0 bridgehead atoms. The first-order valence-electron chi connectivity index (χ1n) is 4.06. The summed E-state index contributed by atoms with van der Waals surface area (Å²) < 4.78 is 5.38. The first kappa shape index (κ1) is 10.5. The number of ether oxygens (including phenoxy) is 1. The summed E-state index contributed by atoms with van der Waals surface area (Å²) in [5.74, 6) is 2.54. The lowest BCUT2D eigenvalue weighted by Crippen LogP contribution is -2.36. The third-order valence-corrected chi connectivity index (χ3v) is 1.61. The van der Waals surface area contributed by atoms with Crippen molar-refractivity contribution in [1.29, 1.82) is 0 Å². The minimum Gasteiger partial charge on any atom is -0.377 e. The predicted octanol–water partition coefficient (Wildman–Crippen LogP) is 1.15. The molecule has 0 saturated heterocycles. The Morgan fingerprint density at radius 1 is 1.55 bits per heavy atom. The summed E-state index contributed by atoms with van der Waals surface area (Å²) in [6, 6.07) is -0.00931. The summed E-state index contributed by atoms with van der Waals surface area (Å²) in [6.07, 6.45) is 6.78.